The fourth-order valence-corrected chi connectivity index (χ4v) is 3.17. The molecule has 1 saturated heterocycles. The molecule has 0 radical (unpaired) electrons. The van der Waals surface area contributed by atoms with Gasteiger partial charge in [-0.1, -0.05) is 23.8 Å². The number of nitrogens with zero attached hydrogens (tertiary/aromatic N) is 2. The molecule has 0 unspecified atom stereocenters. The molecule has 140 valence electrons. The van der Waals surface area contributed by atoms with Crippen LogP contribution in [0.5, 0.6) is 11.5 Å². The number of hydrogen-bond acceptors (Lipinski definition) is 5. The molecule has 1 heterocycles. The number of aliphatic hydroxyl groups excluding tert-OH is 1. The van der Waals surface area contributed by atoms with Crippen LogP contribution in [0.1, 0.15) is 5.56 Å². The van der Waals surface area contributed by atoms with Crippen LogP contribution in [-0.2, 0) is 0 Å². The number of piperazine rings is 1. The van der Waals surface area contributed by atoms with Gasteiger partial charge in [-0.2, -0.15) is 0 Å². The number of benzene rings is 2. The second-order valence-electron chi connectivity index (χ2n) is 6.77. The number of anilines is 1. The van der Waals surface area contributed by atoms with Crippen LogP contribution < -0.4 is 14.4 Å². The predicted octanol–water partition coefficient (Wildman–Crippen LogP) is 2.57. The summed E-state index contributed by atoms with van der Waals surface area (Å²) in [5, 5.41) is 10.3. The number of rotatable bonds is 7. The Bertz CT molecular complexity index is 682. The lowest BCUT2D eigenvalue weighted by Gasteiger charge is -2.37. The van der Waals surface area contributed by atoms with Crippen LogP contribution >= 0.6 is 0 Å². The molecule has 1 fully saturated rings. The van der Waals surface area contributed by atoms with E-state index in [1.54, 1.807) is 7.11 Å². The SMILES string of the molecule is COc1cccc(N2CCN(C[C@H](O)COc3ccc(C)cc3)CC2)c1. The molecule has 1 aliphatic heterocycles. The molecule has 1 aliphatic rings. The maximum absolute atomic E-state index is 10.3. The number of aryl methyl sites for hydroxylation is 1. The summed E-state index contributed by atoms with van der Waals surface area (Å²) < 4.78 is 11.0. The van der Waals surface area contributed by atoms with Gasteiger partial charge in [-0.25, -0.2) is 0 Å². The zero-order chi connectivity index (χ0) is 18.4. The van der Waals surface area contributed by atoms with Crippen molar-refractivity contribution in [2.24, 2.45) is 0 Å². The molecular formula is C21H28N2O3. The third kappa shape index (κ3) is 5.13. The summed E-state index contributed by atoms with van der Waals surface area (Å²) in [7, 11) is 1.69. The highest BCUT2D eigenvalue weighted by Gasteiger charge is 2.20. The van der Waals surface area contributed by atoms with Gasteiger partial charge < -0.3 is 19.5 Å². The summed E-state index contributed by atoms with van der Waals surface area (Å²) in [5.74, 6) is 1.69. The first-order valence-corrected chi connectivity index (χ1v) is 9.13. The summed E-state index contributed by atoms with van der Waals surface area (Å²) in [5.41, 5.74) is 2.39. The first kappa shape index (κ1) is 18.5. The Kier molecular flexibility index (Phi) is 6.36. The molecule has 3 rings (SSSR count). The molecule has 2 aromatic rings. The van der Waals surface area contributed by atoms with Gasteiger partial charge in [0.25, 0.3) is 0 Å². The first-order valence-electron chi connectivity index (χ1n) is 9.13. The quantitative estimate of drug-likeness (QED) is 0.826. The molecule has 1 N–H and O–H groups in total. The fourth-order valence-electron chi connectivity index (χ4n) is 3.17. The van der Waals surface area contributed by atoms with E-state index < -0.39 is 6.10 Å². The van der Waals surface area contributed by atoms with E-state index in [0.717, 1.165) is 37.7 Å². The van der Waals surface area contributed by atoms with Gasteiger partial charge in [0.15, 0.2) is 0 Å². The maximum Gasteiger partial charge on any atom is 0.120 e. The molecule has 0 aliphatic carbocycles. The second kappa shape index (κ2) is 8.92. The summed E-state index contributed by atoms with van der Waals surface area (Å²) in [6, 6.07) is 16.1. The van der Waals surface area contributed by atoms with E-state index in [9.17, 15) is 5.11 Å². The van der Waals surface area contributed by atoms with Crippen LogP contribution in [0.25, 0.3) is 0 Å². The van der Waals surface area contributed by atoms with Crippen molar-refractivity contribution in [2.75, 3.05) is 51.3 Å². The molecule has 5 heteroatoms. The highest BCUT2D eigenvalue weighted by molar-refractivity contribution is 5.51. The van der Waals surface area contributed by atoms with Gasteiger partial charge in [-0.05, 0) is 31.2 Å². The van der Waals surface area contributed by atoms with Crippen molar-refractivity contribution in [3.63, 3.8) is 0 Å². The molecule has 0 amide bonds. The normalized spacial score (nSPS) is 16.3. The first-order chi connectivity index (χ1) is 12.6. The van der Waals surface area contributed by atoms with Gasteiger partial charge in [-0.15, -0.1) is 0 Å². The number of β-amino-alcohol motifs (C(OH)–C–C–N with tert-alkyl or cyclic N) is 1. The van der Waals surface area contributed by atoms with Gasteiger partial charge in [0.05, 0.1) is 7.11 Å². The van der Waals surface area contributed by atoms with Crippen LogP contribution in [-0.4, -0.2) is 62.6 Å². The van der Waals surface area contributed by atoms with E-state index >= 15 is 0 Å². The third-order valence-electron chi connectivity index (χ3n) is 4.72. The van der Waals surface area contributed by atoms with Crippen molar-refractivity contribution in [3.05, 3.63) is 54.1 Å². The minimum Gasteiger partial charge on any atom is -0.497 e. The van der Waals surface area contributed by atoms with Crippen molar-refractivity contribution in [2.45, 2.75) is 13.0 Å². The van der Waals surface area contributed by atoms with E-state index in [-0.39, 0.29) is 0 Å². The largest absolute Gasteiger partial charge is 0.497 e. The smallest absolute Gasteiger partial charge is 0.120 e. The summed E-state index contributed by atoms with van der Waals surface area (Å²) in [6.07, 6.45) is -0.486. The molecule has 2 aromatic carbocycles. The van der Waals surface area contributed by atoms with Gasteiger partial charge in [0.1, 0.15) is 24.2 Å². The average Bonchev–Trinajstić information content (AvgIpc) is 2.68. The highest BCUT2D eigenvalue weighted by Crippen LogP contribution is 2.22. The minimum absolute atomic E-state index is 0.319. The predicted molar refractivity (Wildman–Crippen MR) is 104 cm³/mol. The molecule has 0 saturated carbocycles. The highest BCUT2D eigenvalue weighted by atomic mass is 16.5. The minimum atomic E-state index is -0.486. The Labute approximate surface area is 155 Å². The molecule has 1 atom stereocenters. The maximum atomic E-state index is 10.3. The van der Waals surface area contributed by atoms with Gasteiger partial charge in [-0.3, -0.25) is 4.90 Å². The Morgan fingerprint density at radius 3 is 2.42 bits per heavy atom. The Morgan fingerprint density at radius 1 is 1.00 bits per heavy atom. The van der Waals surface area contributed by atoms with Crippen molar-refractivity contribution >= 4 is 5.69 Å². The van der Waals surface area contributed by atoms with Gasteiger partial charge >= 0.3 is 0 Å². The van der Waals surface area contributed by atoms with E-state index in [1.165, 1.54) is 11.3 Å². The Hall–Kier alpha value is -2.24. The summed E-state index contributed by atoms with van der Waals surface area (Å²) in [4.78, 5) is 4.65. The fraction of sp³-hybridized carbons (Fsp3) is 0.429. The van der Waals surface area contributed by atoms with Crippen LogP contribution in [0.15, 0.2) is 48.5 Å². The zero-order valence-corrected chi connectivity index (χ0v) is 15.6. The Balaban J connectivity index is 1.42. The lowest BCUT2D eigenvalue weighted by atomic mass is 10.2. The lowest BCUT2D eigenvalue weighted by Crippen LogP contribution is -2.49. The topological polar surface area (TPSA) is 45.2 Å². The van der Waals surface area contributed by atoms with Crippen LogP contribution in [0, 0.1) is 6.92 Å². The molecule has 0 spiro atoms. The molecule has 0 bridgehead atoms. The van der Waals surface area contributed by atoms with E-state index in [4.69, 9.17) is 9.47 Å². The Morgan fingerprint density at radius 2 is 1.73 bits per heavy atom. The van der Waals surface area contributed by atoms with E-state index in [2.05, 4.69) is 21.9 Å². The van der Waals surface area contributed by atoms with E-state index in [1.807, 2.05) is 43.3 Å². The number of methoxy groups -OCH3 is 1. The molecule has 5 nitrogen and oxygen atoms in total. The van der Waals surface area contributed by atoms with Gasteiger partial charge in [0.2, 0.25) is 0 Å². The van der Waals surface area contributed by atoms with E-state index in [0.29, 0.717) is 13.2 Å². The summed E-state index contributed by atoms with van der Waals surface area (Å²) >= 11 is 0. The molecule has 0 aromatic heterocycles. The second-order valence-corrected chi connectivity index (χ2v) is 6.77. The van der Waals surface area contributed by atoms with Crippen molar-refractivity contribution < 1.29 is 14.6 Å². The van der Waals surface area contributed by atoms with Crippen molar-refractivity contribution in [1.82, 2.24) is 4.90 Å². The number of hydrogen-bond donors (Lipinski definition) is 1. The van der Waals surface area contributed by atoms with Crippen LogP contribution in [0.3, 0.4) is 0 Å². The van der Waals surface area contributed by atoms with Crippen LogP contribution in [0.4, 0.5) is 5.69 Å². The van der Waals surface area contributed by atoms with Crippen molar-refractivity contribution in [3.8, 4) is 11.5 Å². The monoisotopic (exact) mass is 356 g/mol. The molecular weight excluding hydrogens is 328 g/mol. The standard InChI is InChI=1S/C21H28N2O3/c1-17-6-8-20(9-7-17)26-16-19(24)15-22-10-12-23(13-11-22)18-4-3-5-21(14-18)25-2/h3-9,14,19,24H,10-13,15-16H2,1-2H3/t19-/m0/s1. The third-order valence-corrected chi connectivity index (χ3v) is 4.72. The average molecular weight is 356 g/mol. The zero-order valence-electron chi connectivity index (χ0n) is 15.6. The summed E-state index contributed by atoms with van der Waals surface area (Å²) in [6.45, 7) is 6.75. The number of aliphatic hydroxyl groups is 1. The van der Waals surface area contributed by atoms with Crippen molar-refractivity contribution in [1.29, 1.82) is 0 Å². The lowest BCUT2D eigenvalue weighted by molar-refractivity contribution is 0.0663. The van der Waals surface area contributed by atoms with Crippen LogP contribution in [0.2, 0.25) is 0 Å². The van der Waals surface area contributed by atoms with Gasteiger partial charge in [0, 0.05) is 44.5 Å². The number of ether oxygens (including phenoxy) is 2. The molecule has 26 heavy (non-hydrogen) atoms.